The second kappa shape index (κ2) is 40.8. The number of aromatic amines is 1. The number of aromatic nitrogens is 1. The second-order valence-electron chi connectivity index (χ2n) is 25.8. The summed E-state index contributed by atoms with van der Waals surface area (Å²) in [5, 5.41) is 79.9. The molecule has 1 aromatic heterocycles. The van der Waals surface area contributed by atoms with Crippen molar-refractivity contribution in [1.29, 1.82) is 0 Å². The van der Waals surface area contributed by atoms with Crippen LogP contribution >= 0.6 is 0 Å². The minimum absolute atomic E-state index is 0.0202. The van der Waals surface area contributed by atoms with Crippen molar-refractivity contribution < 1.29 is 92.9 Å². The van der Waals surface area contributed by atoms with Gasteiger partial charge in [0, 0.05) is 89.1 Å². The lowest BCUT2D eigenvalue weighted by molar-refractivity contribution is -0.143. The average molecular weight is 1420 g/mol. The zero-order valence-electron chi connectivity index (χ0n) is 57.5. The van der Waals surface area contributed by atoms with Crippen molar-refractivity contribution in [3.8, 4) is 17.2 Å². The highest BCUT2D eigenvalue weighted by Gasteiger charge is 2.37. The zero-order valence-corrected chi connectivity index (χ0v) is 57.5. The topological polar surface area (TPSA) is 468 Å². The number of carbonyl (C=O) groups excluding carboxylic acids is 11. The minimum atomic E-state index is -1.87. The first-order valence-corrected chi connectivity index (χ1v) is 34.1. The van der Waals surface area contributed by atoms with E-state index in [0.717, 1.165) is 4.90 Å². The van der Waals surface area contributed by atoms with Gasteiger partial charge in [-0.2, -0.15) is 0 Å². The molecule has 9 amide bonds. The number of phenolic OH excluding ortho intramolecular Hbond substituents is 3. The third-order valence-corrected chi connectivity index (χ3v) is 17.3. The van der Waals surface area contributed by atoms with E-state index in [1.807, 2.05) is 0 Å². The molecule has 2 unspecified atom stereocenters. The molecular formula is C72H95N11O19. The van der Waals surface area contributed by atoms with Gasteiger partial charge in [0.1, 0.15) is 60.1 Å². The van der Waals surface area contributed by atoms with E-state index < -0.39 is 146 Å². The third-order valence-electron chi connectivity index (χ3n) is 17.3. The van der Waals surface area contributed by atoms with E-state index in [-0.39, 0.29) is 139 Å². The molecule has 1 aliphatic heterocycles. The Morgan fingerprint density at radius 1 is 0.637 bits per heavy atom. The number of ketones is 2. The minimum Gasteiger partial charge on any atom is -0.508 e. The molecule has 1 saturated heterocycles. The monoisotopic (exact) mass is 1420 g/mol. The number of nitrogens with zero attached hydrogens (tertiary/aromatic N) is 2. The summed E-state index contributed by atoms with van der Waals surface area (Å²) >= 11 is 0. The van der Waals surface area contributed by atoms with Gasteiger partial charge in [0.2, 0.25) is 64.7 Å². The largest absolute Gasteiger partial charge is 0.508 e. The molecule has 1 aliphatic rings. The number of aliphatic carboxylic acids is 1. The number of H-pyrrole nitrogens is 1. The van der Waals surface area contributed by atoms with Crippen LogP contribution in [0.2, 0.25) is 0 Å². The summed E-state index contributed by atoms with van der Waals surface area (Å²) in [7, 11) is 0. The van der Waals surface area contributed by atoms with Crippen molar-refractivity contribution in [2.24, 2.45) is 17.6 Å². The van der Waals surface area contributed by atoms with Gasteiger partial charge in [-0.3, -0.25) is 52.7 Å². The molecule has 6 rings (SSSR count). The highest BCUT2D eigenvalue weighted by Crippen LogP contribution is 2.22. The summed E-state index contributed by atoms with van der Waals surface area (Å²) in [6.07, 6.45) is 0.791. The Labute approximate surface area is 590 Å². The fourth-order valence-electron chi connectivity index (χ4n) is 11.7. The molecule has 0 radical (unpaired) electrons. The number of para-hydroxylation sites is 1. The molecule has 2 heterocycles. The Hall–Kier alpha value is -10.3. The van der Waals surface area contributed by atoms with Crippen LogP contribution in [0.15, 0.2) is 103 Å². The molecule has 30 nitrogen and oxygen atoms in total. The quantitative estimate of drug-likeness (QED) is 0.0241. The van der Waals surface area contributed by atoms with E-state index in [2.05, 4.69) is 42.2 Å². The highest BCUT2D eigenvalue weighted by molar-refractivity contribution is 6.39. The molecule has 30 heteroatoms. The van der Waals surface area contributed by atoms with Crippen molar-refractivity contribution in [2.75, 3.05) is 59.2 Å². The van der Waals surface area contributed by atoms with Crippen LogP contribution in [-0.2, 0) is 88.0 Å². The number of carboxylic acid groups (broad SMARTS) is 1. The lowest BCUT2D eigenvalue weighted by atomic mass is 9.96. The van der Waals surface area contributed by atoms with E-state index >= 15 is 9.59 Å². The van der Waals surface area contributed by atoms with Crippen LogP contribution in [0.1, 0.15) is 101 Å². The van der Waals surface area contributed by atoms with E-state index in [1.54, 1.807) is 56.4 Å². The molecule has 1 fully saturated rings. The molecule has 0 spiro atoms. The van der Waals surface area contributed by atoms with Gasteiger partial charge in [0.05, 0.1) is 25.1 Å². The van der Waals surface area contributed by atoms with Crippen molar-refractivity contribution in [1.82, 2.24) is 52.0 Å². The van der Waals surface area contributed by atoms with Crippen LogP contribution in [0.3, 0.4) is 0 Å². The first-order chi connectivity index (χ1) is 48.7. The Balaban J connectivity index is 1.41. The van der Waals surface area contributed by atoms with Crippen molar-refractivity contribution in [2.45, 2.75) is 147 Å². The molecule has 8 atom stereocenters. The number of fused-ring (bicyclic) bond motifs is 1. The predicted octanol–water partition coefficient (Wildman–Crippen LogP) is 0.605. The summed E-state index contributed by atoms with van der Waals surface area (Å²) in [5.74, 6) is -12.9. The van der Waals surface area contributed by atoms with E-state index in [1.165, 1.54) is 72.5 Å². The van der Waals surface area contributed by atoms with Gasteiger partial charge in [-0.15, -0.1) is 0 Å². The summed E-state index contributed by atoms with van der Waals surface area (Å²) < 4.78 is 5.36. The zero-order chi connectivity index (χ0) is 74.4. The maximum Gasteiger partial charge on any atom is 0.326 e. The highest BCUT2D eigenvalue weighted by atomic mass is 16.5. The number of aromatic hydroxyl groups is 3. The molecule has 0 aliphatic carbocycles. The van der Waals surface area contributed by atoms with Gasteiger partial charge in [0.25, 0.3) is 0 Å². The molecule has 4 aromatic carbocycles. The number of Topliss-reactive ketones (excluding diaryl/α,β-unsaturated/α-hetero) is 2. The number of nitrogens with two attached hydrogens (primary N) is 1. The van der Waals surface area contributed by atoms with Gasteiger partial charge >= 0.3 is 5.97 Å². The number of benzene rings is 4. The smallest absolute Gasteiger partial charge is 0.326 e. The number of ether oxygens (including phenoxy) is 1. The van der Waals surface area contributed by atoms with Crippen molar-refractivity contribution in [3.63, 3.8) is 0 Å². The first kappa shape index (κ1) is 80.7. The molecule has 5 aromatic rings. The van der Waals surface area contributed by atoms with Crippen molar-refractivity contribution >= 4 is 81.6 Å². The molecule has 16 N–H and O–H groups in total. The van der Waals surface area contributed by atoms with Gasteiger partial charge in [-0.05, 0) is 122 Å². The molecule has 0 bridgehead atoms. The first-order valence-electron chi connectivity index (χ1n) is 34.1. The number of amides is 9. The van der Waals surface area contributed by atoms with E-state index in [4.69, 9.17) is 10.5 Å². The van der Waals surface area contributed by atoms with Crippen LogP contribution in [0.5, 0.6) is 17.2 Å². The number of carbonyl (C=O) groups is 12. The number of hydrogen-bond donors (Lipinski definition) is 15. The maximum absolute atomic E-state index is 15.1. The predicted molar refractivity (Wildman–Crippen MR) is 371 cm³/mol. The number of aliphatic hydroxyl groups is 2. The van der Waals surface area contributed by atoms with Crippen LogP contribution in [0.4, 0.5) is 0 Å². The summed E-state index contributed by atoms with van der Waals surface area (Å²) in [6, 6.07) is 13.2. The van der Waals surface area contributed by atoms with E-state index in [9.17, 15) is 78.6 Å². The van der Waals surface area contributed by atoms with Crippen molar-refractivity contribution in [3.05, 3.63) is 126 Å². The van der Waals surface area contributed by atoms with E-state index in [0.29, 0.717) is 33.2 Å². The molecular weight excluding hydrogens is 1320 g/mol. The standard InChI is InChI=1S/C72H95N11O19/c1-43(2)33-59-71(99)83(40-64(92)76-60(72(100)101)36-47-18-24-52(89)25-19-47)30-9-8-29-82(44(3)86)28-7-6-11-48(38-75-56(34-45-14-20-50(87)21-15-45)65(93)62(90)42-102-32-10-31-84)66(94)78-58(37-49-39-74-54-13-5-4-12-53(49)54)69(97)81-61(41-85)70(98)77-55(26-27-63(73)91)67(95)79-57(68(96)80-59)35-46-16-22-51(88)23-17-46/h4-5,12-25,39,43,48,55-61,74-75,84-85,87-89H,6-11,26-38,40-42H2,1-3H3,(H2,73,91)(H,76,92)(H,77,98)(H,78,94)(H,79,95)(H,80,96)(H,81,97)(H,100,101)/t48-,55+,56+,57?,58+,59+,60+,61?/m1/s1. The second-order valence-corrected chi connectivity index (χ2v) is 25.8. The molecule has 102 heavy (non-hydrogen) atoms. The maximum atomic E-state index is 15.1. The fraction of sp³-hybridized carbons (Fsp3) is 0.472. The number of carboxylic acids is 1. The third kappa shape index (κ3) is 26.3. The van der Waals surface area contributed by atoms with Crippen LogP contribution in [-0.4, -0.2) is 218 Å². The Morgan fingerprint density at radius 3 is 1.75 bits per heavy atom. The van der Waals surface area contributed by atoms with Crippen LogP contribution < -0.4 is 43.0 Å². The summed E-state index contributed by atoms with van der Waals surface area (Å²) in [6.45, 7) is 1.95. The number of phenols is 3. The normalized spacial score (nSPS) is 19.7. The number of hydrogen-bond acceptors (Lipinski definition) is 19. The summed E-state index contributed by atoms with van der Waals surface area (Å²) in [5.41, 5.74) is 8.11. The Morgan fingerprint density at radius 2 is 1.17 bits per heavy atom. The Kier molecular flexibility index (Phi) is 32.3. The van der Waals surface area contributed by atoms with Gasteiger partial charge in [-0.1, -0.05) is 74.9 Å². The number of primary amides is 1. The lowest BCUT2D eigenvalue weighted by Gasteiger charge is -2.31. The Bertz CT molecular complexity index is 3660. The molecule has 0 saturated carbocycles. The number of nitrogens with one attached hydrogen (secondary N) is 8. The summed E-state index contributed by atoms with van der Waals surface area (Å²) in [4.78, 5) is 175. The number of aliphatic hydroxyl groups excluding tert-OH is 2. The van der Waals surface area contributed by atoms with Crippen LogP contribution in [0.25, 0.3) is 10.9 Å². The molecule has 552 valence electrons. The average Bonchev–Trinajstić information content (AvgIpc) is 1.51. The lowest BCUT2D eigenvalue weighted by Crippen LogP contribution is -2.60. The van der Waals surface area contributed by atoms with Gasteiger partial charge in [0.15, 0.2) is 0 Å². The van der Waals surface area contributed by atoms with Crippen LogP contribution in [0, 0.1) is 11.8 Å². The van der Waals surface area contributed by atoms with Gasteiger partial charge in [-0.25, -0.2) is 4.79 Å². The van der Waals surface area contributed by atoms with Gasteiger partial charge < -0.3 is 93.1 Å². The number of rotatable bonds is 28. The fourth-order valence-corrected chi connectivity index (χ4v) is 11.7. The SMILES string of the molecule is CC(=O)N1CCCC[C@H](CN[C@@H](Cc2ccc(O)cc2)C(=O)C(=O)COCCCO)C(=O)N[C@@H](Cc2c[nH]c3ccccc23)C(=O)NC(CO)C(=O)N[C@@H](CCC(N)=O)C(=O)NC(Cc2ccc(O)cc2)C(=O)N[C@@H](CC(C)C)C(=O)N(CC(=O)N[C@@H](Cc2ccc(O)cc2)C(=O)O)CCCC1.